The van der Waals surface area contributed by atoms with E-state index in [9.17, 15) is 4.79 Å². The van der Waals surface area contributed by atoms with Crippen molar-refractivity contribution in [3.63, 3.8) is 0 Å². The zero-order valence-electron chi connectivity index (χ0n) is 4.45. The van der Waals surface area contributed by atoms with E-state index < -0.39 is 5.37 Å². The molecule has 1 rings (SSSR count). The SMILES string of the molecule is O=C(Cl)N1C=CC=CS1. The van der Waals surface area contributed by atoms with Gasteiger partial charge in [-0.25, -0.2) is 4.31 Å². The van der Waals surface area contributed by atoms with Crippen LogP contribution in [0.2, 0.25) is 0 Å². The highest BCUT2D eigenvalue weighted by Gasteiger charge is 2.06. The van der Waals surface area contributed by atoms with Gasteiger partial charge >= 0.3 is 5.37 Å². The summed E-state index contributed by atoms with van der Waals surface area (Å²) in [5.41, 5.74) is 0. The highest BCUT2D eigenvalue weighted by atomic mass is 35.5. The monoisotopic (exact) mass is 161 g/mol. The van der Waals surface area contributed by atoms with Gasteiger partial charge in [-0.05, 0) is 35.0 Å². The summed E-state index contributed by atoms with van der Waals surface area (Å²) in [4.78, 5) is 10.4. The largest absolute Gasteiger partial charge is 0.330 e. The van der Waals surface area contributed by atoms with Crippen molar-refractivity contribution in [3.05, 3.63) is 23.8 Å². The highest BCUT2D eigenvalue weighted by molar-refractivity contribution is 8.00. The molecule has 0 unspecified atom stereocenters. The lowest BCUT2D eigenvalue weighted by atomic mass is 10.6. The summed E-state index contributed by atoms with van der Waals surface area (Å²) in [6, 6.07) is 0. The average molecular weight is 162 g/mol. The number of halogens is 1. The van der Waals surface area contributed by atoms with Crippen LogP contribution in [0.3, 0.4) is 0 Å². The van der Waals surface area contributed by atoms with Gasteiger partial charge in [0.2, 0.25) is 0 Å². The number of carbonyl (C=O) groups is 1. The molecule has 0 aromatic carbocycles. The molecule has 0 saturated carbocycles. The van der Waals surface area contributed by atoms with E-state index in [0.29, 0.717) is 0 Å². The Hall–Kier alpha value is -0.410. The van der Waals surface area contributed by atoms with Crippen LogP contribution in [0.4, 0.5) is 4.79 Å². The lowest BCUT2D eigenvalue weighted by Crippen LogP contribution is -2.09. The Morgan fingerprint density at radius 1 is 1.56 bits per heavy atom. The Morgan fingerprint density at radius 2 is 2.33 bits per heavy atom. The predicted molar refractivity (Wildman–Crippen MR) is 39.0 cm³/mol. The fourth-order valence-corrected chi connectivity index (χ4v) is 1.10. The molecule has 0 N–H and O–H groups in total. The molecule has 1 heterocycles. The van der Waals surface area contributed by atoms with Crippen molar-refractivity contribution in [1.29, 1.82) is 0 Å². The molecule has 1 amide bonds. The van der Waals surface area contributed by atoms with Gasteiger partial charge in [0.25, 0.3) is 0 Å². The van der Waals surface area contributed by atoms with Crippen LogP contribution in [0.1, 0.15) is 0 Å². The third-order valence-corrected chi connectivity index (χ3v) is 1.83. The molecular formula is C5H4ClNOS. The first-order chi connectivity index (χ1) is 4.30. The van der Waals surface area contributed by atoms with E-state index in [4.69, 9.17) is 11.6 Å². The fourth-order valence-electron chi connectivity index (χ4n) is 0.409. The van der Waals surface area contributed by atoms with Gasteiger partial charge in [0.1, 0.15) is 0 Å². The van der Waals surface area contributed by atoms with Gasteiger partial charge in [-0.1, -0.05) is 6.08 Å². The van der Waals surface area contributed by atoms with Crippen LogP contribution in [-0.2, 0) is 0 Å². The molecule has 2 nitrogen and oxygen atoms in total. The highest BCUT2D eigenvalue weighted by Crippen LogP contribution is 2.17. The Morgan fingerprint density at radius 3 is 2.67 bits per heavy atom. The van der Waals surface area contributed by atoms with Gasteiger partial charge in [-0.3, -0.25) is 4.79 Å². The maximum absolute atomic E-state index is 10.4. The second kappa shape index (κ2) is 2.94. The van der Waals surface area contributed by atoms with E-state index in [0.717, 1.165) is 0 Å². The second-order valence-corrected chi connectivity index (χ2v) is 2.55. The molecule has 0 atom stereocenters. The van der Waals surface area contributed by atoms with Crippen molar-refractivity contribution in [1.82, 2.24) is 4.31 Å². The summed E-state index contributed by atoms with van der Waals surface area (Å²) < 4.78 is 1.33. The van der Waals surface area contributed by atoms with Crippen LogP contribution in [0.5, 0.6) is 0 Å². The number of allylic oxidation sites excluding steroid dienone is 2. The van der Waals surface area contributed by atoms with Gasteiger partial charge in [-0.15, -0.1) is 0 Å². The van der Waals surface area contributed by atoms with Crippen LogP contribution >= 0.6 is 23.5 Å². The van der Waals surface area contributed by atoms with Gasteiger partial charge in [0, 0.05) is 6.20 Å². The Kier molecular flexibility index (Phi) is 2.19. The molecule has 0 spiro atoms. The maximum atomic E-state index is 10.4. The van der Waals surface area contributed by atoms with Gasteiger partial charge in [-0.2, -0.15) is 0 Å². The Bertz CT molecular complexity index is 178. The van der Waals surface area contributed by atoms with Crippen molar-refractivity contribution >= 4 is 28.9 Å². The molecule has 1 aliphatic rings. The average Bonchev–Trinajstić information content (AvgIpc) is 1.90. The van der Waals surface area contributed by atoms with Crippen LogP contribution in [0.25, 0.3) is 0 Å². The lowest BCUT2D eigenvalue weighted by Gasteiger charge is -2.11. The molecule has 0 fully saturated rings. The number of rotatable bonds is 0. The van der Waals surface area contributed by atoms with Crippen molar-refractivity contribution < 1.29 is 4.79 Å². The van der Waals surface area contributed by atoms with Gasteiger partial charge in [0.15, 0.2) is 0 Å². The quantitative estimate of drug-likeness (QED) is 0.309. The standard InChI is InChI=1S/C5H4ClNOS/c6-5(8)7-3-1-2-4-9-7/h1-4H. The predicted octanol–water partition coefficient (Wildman–Crippen LogP) is 2.34. The van der Waals surface area contributed by atoms with Gasteiger partial charge < -0.3 is 0 Å². The first-order valence-electron chi connectivity index (χ1n) is 2.29. The van der Waals surface area contributed by atoms with Crippen LogP contribution in [-0.4, -0.2) is 9.67 Å². The van der Waals surface area contributed by atoms with E-state index in [2.05, 4.69) is 0 Å². The number of hydrogen-bond acceptors (Lipinski definition) is 2. The second-order valence-electron chi connectivity index (χ2n) is 1.35. The summed E-state index contributed by atoms with van der Waals surface area (Å²) >= 11 is 6.39. The number of nitrogens with zero attached hydrogens (tertiary/aromatic N) is 1. The van der Waals surface area contributed by atoms with Crippen molar-refractivity contribution in [2.75, 3.05) is 0 Å². The molecule has 1 aliphatic heterocycles. The summed E-state index contributed by atoms with van der Waals surface area (Å²) in [6.45, 7) is 0. The zero-order valence-corrected chi connectivity index (χ0v) is 6.02. The minimum Gasteiger partial charge on any atom is -0.254 e. The first-order valence-corrected chi connectivity index (χ1v) is 3.51. The Labute approximate surface area is 62.3 Å². The van der Waals surface area contributed by atoms with E-state index >= 15 is 0 Å². The zero-order chi connectivity index (χ0) is 6.69. The first kappa shape index (κ1) is 6.71. The molecular weight excluding hydrogens is 158 g/mol. The molecule has 0 aliphatic carbocycles. The van der Waals surface area contributed by atoms with E-state index in [1.807, 2.05) is 6.08 Å². The van der Waals surface area contributed by atoms with Crippen molar-refractivity contribution in [3.8, 4) is 0 Å². The van der Waals surface area contributed by atoms with E-state index in [-0.39, 0.29) is 0 Å². The molecule has 0 aromatic heterocycles. The molecule has 4 heteroatoms. The number of hydrogen-bond donors (Lipinski definition) is 0. The summed E-state index contributed by atoms with van der Waals surface area (Å²) in [6.07, 6.45) is 5.19. The van der Waals surface area contributed by atoms with Crippen LogP contribution < -0.4 is 0 Å². The van der Waals surface area contributed by atoms with Crippen LogP contribution in [0, 0.1) is 0 Å². The van der Waals surface area contributed by atoms with Crippen molar-refractivity contribution in [2.24, 2.45) is 0 Å². The molecule has 48 valence electrons. The topological polar surface area (TPSA) is 20.3 Å². The molecule has 9 heavy (non-hydrogen) atoms. The van der Waals surface area contributed by atoms with Crippen molar-refractivity contribution in [2.45, 2.75) is 0 Å². The summed E-state index contributed by atoms with van der Waals surface area (Å²) in [7, 11) is 0. The molecule has 0 saturated heterocycles. The minimum atomic E-state index is -0.472. The molecule has 0 bridgehead atoms. The third-order valence-electron chi connectivity index (χ3n) is 0.759. The number of amides is 1. The molecule has 0 aromatic rings. The lowest BCUT2D eigenvalue weighted by molar-refractivity contribution is 0.253. The summed E-state index contributed by atoms with van der Waals surface area (Å²) in [5, 5.41) is 1.31. The Balaban J connectivity index is 2.56. The van der Waals surface area contributed by atoms with Crippen LogP contribution in [0.15, 0.2) is 23.8 Å². The smallest absolute Gasteiger partial charge is 0.254 e. The van der Waals surface area contributed by atoms with E-state index in [1.165, 1.54) is 16.3 Å². The maximum Gasteiger partial charge on any atom is 0.330 e. The fraction of sp³-hybridized carbons (Fsp3) is 0. The normalized spacial score (nSPS) is 16.3. The van der Waals surface area contributed by atoms with Gasteiger partial charge in [0.05, 0.1) is 0 Å². The molecule has 0 radical (unpaired) electrons. The number of carbonyl (C=O) groups excluding carboxylic acids is 1. The van der Waals surface area contributed by atoms with E-state index in [1.54, 1.807) is 17.7 Å². The summed E-state index contributed by atoms with van der Waals surface area (Å²) in [5.74, 6) is 0. The third kappa shape index (κ3) is 1.77. The minimum absolute atomic E-state index is 0.472.